The summed E-state index contributed by atoms with van der Waals surface area (Å²) < 4.78 is 5.00. The van der Waals surface area contributed by atoms with Gasteiger partial charge in [-0.25, -0.2) is 4.79 Å². The number of methoxy groups -OCH3 is 1. The predicted molar refractivity (Wildman–Crippen MR) is 56.8 cm³/mol. The summed E-state index contributed by atoms with van der Waals surface area (Å²) in [7, 11) is 1.47. The van der Waals surface area contributed by atoms with Crippen molar-refractivity contribution in [1.29, 1.82) is 0 Å². The van der Waals surface area contributed by atoms with Crippen LogP contribution in [0.15, 0.2) is 36.3 Å². The maximum Gasteiger partial charge on any atom is 0.316 e. The average molecular weight is 217 g/mol. The molecule has 0 saturated heterocycles. The molecule has 0 aliphatic carbocycles. The van der Waals surface area contributed by atoms with E-state index in [1.54, 1.807) is 12.2 Å². The molecule has 0 aromatic heterocycles. The Balaban J connectivity index is 4.78. The van der Waals surface area contributed by atoms with Gasteiger partial charge in [-0.15, -0.1) is 11.6 Å². The molecule has 0 aromatic carbocycles. The van der Waals surface area contributed by atoms with Gasteiger partial charge in [0.15, 0.2) is 0 Å². The summed E-state index contributed by atoms with van der Waals surface area (Å²) in [4.78, 5) is 10.6. The largest absolute Gasteiger partial charge is 0.495 e. The molecule has 0 heterocycles. The van der Waals surface area contributed by atoms with E-state index < -0.39 is 6.03 Å². The molecular formula is C9H13ClN2O2. The van der Waals surface area contributed by atoms with E-state index in [1.807, 2.05) is 0 Å². The van der Waals surface area contributed by atoms with Crippen LogP contribution in [0.2, 0.25) is 0 Å². The van der Waals surface area contributed by atoms with Gasteiger partial charge in [-0.05, 0) is 12.2 Å². The lowest BCUT2D eigenvalue weighted by Gasteiger charge is -2.10. The summed E-state index contributed by atoms with van der Waals surface area (Å²) in [5, 5.41) is 2.39. The van der Waals surface area contributed by atoms with E-state index in [-0.39, 0.29) is 5.88 Å². The molecule has 0 saturated carbocycles. The van der Waals surface area contributed by atoms with Crippen LogP contribution in [0.3, 0.4) is 0 Å². The number of alkyl halides is 1. The Kier molecular flexibility index (Phi) is 6.32. The van der Waals surface area contributed by atoms with E-state index in [1.165, 1.54) is 13.2 Å². The van der Waals surface area contributed by atoms with Crippen molar-refractivity contribution in [3.63, 3.8) is 0 Å². The zero-order valence-corrected chi connectivity index (χ0v) is 8.67. The third kappa shape index (κ3) is 4.57. The van der Waals surface area contributed by atoms with Gasteiger partial charge >= 0.3 is 6.03 Å². The lowest BCUT2D eigenvalue weighted by atomic mass is 10.3. The van der Waals surface area contributed by atoms with Crippen molar-refractivity contribution in [2.45, 2.75) is 0 Å². The van der Waals surface area contributed by atoms with Gasteiger partial charge in [-0.3, -0.25) is 0 Å². The Morgan fingerprint density at radius 2 is 2.36 bits per heavy atom. The topological polar surface area (TPSA) is 64.3 Å². The number of carbonyl (C=O) groups excluding carboxylic acids is 1. The van der Waals surface area contributed by atoms with E-state index in [9.17, 15) is 4.79 Å². The standard InChI is InChI=1S/C9H13ClN2O2/c1-3-4-8(14-2)7(5-6-10)12-9(11)13/h3-5H,1,6H2,2H3,(H3,11,12,13)/b7-5+,8-4+. The summed E-state index contributed by atoms with van der Waals surface area (Å²) in [6.45, 7) is 3.51. The number of nitrogens with one attached hydrogen (secondary N) is 1. The van der Waals surface area contributed by atoms with E-state index >= 15 is 0 Å². The van der Waals surface area contributed by atoms with Crippen molar-refractivity contribution in [2.75, 3.05) is 13.0 Å². The lowest BCUT2D eigenvalue weighted by Crippen LogP contribution is -2.29. The Bertz CT molecular complexity index is 272. The van der Waals surface area contributed by atoms with Crippen LogP contribution >= 0.6 is 11.6 Å². The van der Waals surface area contributed by atoms with Gasteiger partial charge in [0.25, 0.3) is 0 Å². The highest BCUT2D eigenvalue weighted by atomic mass is 35.5. The van der Waals surface area contributed by atoms with Gasteiger partial charge in [-0.1, -0.05) is 12.7 Å². The number of urea groups is 1. The second-order valence-electron chi connectivity index (χ2n) is 2.23. The molecule has 2 amide bonds. The summed E-state index contributed by atoms with van der Waals surface area (Å²) in [5.74, 6) is 0.687. The van der Waals surface area contributed by atoms with E-state index in [2.05, 4.69) is 11.9 Å². The van der Waals surface area contributed by atoms with Crippen molar-refractivity contribution in [3.8, 4) is 0 Å². The maximum atomic E-state index is 10.6. The molecule has 3 N–H and O–H groups in total. The van der Waals surface area contributed by atoms with E-state index in [4.69, 9.17) is 22.1 Å². The quantitative estimate of drug-likeness (QED) is 0.416. The number of hydrogen-bond donors (Lipinski definition) is 2. The second kappa shape index (κ2) is 7.03. The smallest absolute Gasteiger partial charge is 0.316 e. The van der Waals surface area contributed by atoms with Crippen LogP contribution < -0.4 is 11.1 Å². The first-order valence-electron chi connectivity index (χ1n) is 3.85. The van der Waals surface area contributed by atoms with Crippen molar-refractivity contribution in [3.05, 3.63) is 36.3 Å². The fraction of sp³-hybridized carbons (Fsp3) is 0.222. The molecule has 0 rings (SSSR count). The third-order valence-electron chi connectivity index (χ3n) is 1.29. The van der Waals surface area contributed by atoms with Crippen molar-refractivity contribution >= 4 is 17.6 Å². The average Bonchev–Trinajstić information content (AvgIpc) is 2.13. The Labute approximate surface area is 88.1 Å². The van der Waals surface area contributed by atoms with Crippen LogP contribution in [0.25, 0.3) is 0 Å². The molecule has 0 spiro atoms. The van der Waals surface area contributed by atoms with Crippen LogP contribution in [0.5, 0.6) is 0 Å². The first-order chi connectivity index (χ1) is 6.65. The Morgan fingerprint density at radius 3 is 2.71 bits per heavy atom. The molecule has 0 aliphatic heterocycles. The number of rotatable bonds is 5. The Hall–Kier alpha value is -1.42. The number of primary amides is 1. The number of carbonyl (C=O) groups is 1. The van der Waals surface area contributed by atoms with Crippen molar-refractivity contribution < 1.29 is 9.53 Å². The highest BCUT2D eigenvalue weighted by Gasteiger charge is 2.05. The Morgan fingerprint density at radius 1 is 1.71 bits per heavy atom. The maximum absolute atomic E-state index is 10.6. The normalized spacial score (nSPS) is 12.1. The minimum absolute atomic E-state index is 0.244. The van der Waals surface area contributed by atoms with Gasteiger partial charge < -0.3 is 15.8 Å². The van der Waals surface area contributed by atoms with Gasteiger partial charge in [0.1, 0.15) is 5.76 Å². The number of amides is 2. The lowest BCUT2D eigenvalue weighted by molar-refractivity contribution is 0.248. The molecule has 4 nitrogen and oxygen atoms in total. The van der Waals surface area contributed by atoms with Gasteiger partial charge in [-0.2, -0.15) is 0 Å². The first kappa shape index (κ1) is 12.6. The van der Waals surface area contributed by atoms with E-state index in [0.717, 1.165) is 0 Å². The van der Waals surface area contributed by atoms with Gasteiger partial charge in [0, 0.05) is 5.88 Å². The van der Waals surface area contributed by atoms with Gasteiger partial charge in [0.2, 0.25) is 0 Å². The van der Waals surface area contributed by atoms with Gasteiger partial charge in [0.05, 0.1) is 12.8 Å². The number of allylic oxidation sites excluding steroid dienone is 3. The monoisotopic (exact) mass is 216 g/mol. The minimum atomic E-state index is -0.673. The third-order valence-corrected chi connectivity index (χ3v) is 1.45. The molecule has 0 atom stereocenters. The van der Waals surface area contributed by atoms with Crippen LogP contribution in [0.1, 0.15) is 0 Å². The SMILES string of the molecule is C=C/C=C(OC)\C(=C/CCl)NC(N)=O. The first-order valence-corrected chi connectivity index (χ1v) is 4.38. The summed E-state index contributed by atoms with van der Waals surface area (Å²) >= 11 is 5.50. The summed E-state index contributed by atoms with van der Waals surface area (Å²) in [5.41, 5.74) is 5.40. The zero-order chi connectivity index (χ0) is 11.0. The zero-order valence-electron chi connectivity index (χ0n) is 7.92. The van der Waals surface area contributed by atoms with Crippen molar-refractivity contribution in [2.24, 2.45) is 5.73 Å². The minimum Gasteiger partial charge on any atom is -0.495 e. The molecule has 0 unspecified atom stereocenters. The molecule has 14 heavy (non-hydrogen) atoms. The van der Waals surface area contributed by atoms with E-state index in [0.29, 0.717) is 11.5 Å². The second-order valence-corrected chi connectivity index (χ2v) is 2.54. The highest BCUT2D eigenvalue weighted by Crippen LogP contribution is 2.07. The number of nitrogens with two attached hydrogens (primary N) is 1. The molecule has 0 aromatic rings. The van der Waals surface area contributed by atoms with Crippen molar-refractivity contribution in [1.82, 2.24) is 5.32 Å². The number of ether oxygens (including phenoxy) is 1. The predicted octanol–water partition coefficient (Wildman–Crippen LogP) is 1.49. The molecule has 0 fully saturated rings. The molecule has 5 heteroatoms. The molecule has 0 radical (unpaired) electrons. The fourth-order valence-electron chi connectivity index (χ4n) is 0.798. The van der Waals surface area contributed by atoms with Crippen LogP contribution in [-0.2, 0) is 4.74 Å². The molecule has 0 aliphatic rings. The molecule has 78 valence electrons. The number of hydrogen-bond acceptors (Lipinski definition) is 2. The molecule has 0 bridgehead atoms. The van der Waals surface area contributed by atoms with Crippen LogP contribution in [0.4, 0.5) is 4.79 Å². The van der Waals surface area contributed by atoms with Crippen LogP contribution in [0, 0.1) is 0 Å². The molecular weight excluding hydrogens is 204 g/mol. The fourth-order valence-corrected chi connectivity index (χ4v) is 0.952. The summed E-state index contributed by atoms with van der Waals surface area (Å²) in [6.07, 6.45) is 4.70. The summed E-state index contributed by atoms with van der Waals surface area (Å²) in [6, 6.07) is -0.673. The van der Waals surface area contributed by atoms with Crippen LogP contribution in [-0.4, -0.2) is 19.0 Å². The highest BCUT2D eigenvalue weighted by molar-refractivity contribution is 6.19. The number of halogens is 1.